The Kier molecular flexibility index (Phi) is 12.4. The molecule has 154 valence electrons. The number of ether oxygens (including phenoxy) is 3. The van der Waals surface area contributed by atoms with Crippen LogP contribution in [0.1, 0.15) is 30.4 Å². The minimum Gasteiger partial charge on any atom is -0.493 e. The Labute approximate surface area is 180 Å². The molecule has 27 heavy (non-hydrogen) atoms. The molecule has 0 spiro atoms. The molecule has 1 fully saturated rings. The summed E-state index contributed by atoms with van der Waals surface area (Å²) in [5.74, 6) is 1.82. The van der Waals surface area contributed by atoms with Crippen LogP contribution in [0.3, 0.4) is 0 Å². The molecule has 1 aliphatic rings. The molecule has 0 radical (unpaired) electrons. The van der Waals surface area contributed by atoms with E-state index in [1.54, 1.807) is 7.05 Å². The summed E-state index contributed by atoms with van der Waals surface area (Å²) in [7, 11) is 1.79. The molecule has 2 N–H and O–H groups in total. The number of aliphatic imine (C=N–C) groups is 1. The Balaban J connectivity index is 0.00000364. The third-order valence-corrected chi connectivity index (χ3v) is 4.35. The fourth-order valence-corrected chi connectivity index (χ4v) is 2.87. The van der Waals surface area contributed by atoms with Gasteiger partial charge in [-0.05, 0) is 44.2 Å². The molecule has 1 atom stereocenters. The average Bonchev–Trinajstić information content (AvgIpc) is 3.15. The molecule has 0 saturated carbocycles. The quantitative estimate of drug-likeness (QED) is 0.228. The largest absolute Gasteiger partial charge is 0.493 e. The van der Waals surface area contributed by atoms with Crippen LogP contribution in [0.2, 0.25) is 0 Å². The number of hydrogen-bond donors (Lipinski definition) is 2. The maximum atomic E-state index is 5.92. The minimum atomic E-state index is 0. The molecule has 0 aliphatic carbocycles. The van der Waals surface area contributed by atoms with Gasteiger partial charge in [0.2, 0.25) is 0 Å². The first kappa shape index (κ1) is 24.0. The van der Waals surface area contributed by atoms with Gasteiger partial charge in [0.1, 0.15) is 5.75 Å². The highest BCUT2D eigenvalue weighted by Crippen LogP contribution is 2.22. The summed E-state index contributed by atoms with van der Waals surface area (Å²) in [6.45, 7) is 8.82. The van der Waals surface area contributed by atoms with Crippen molar-refractivity contribution in [3.63, 3.8) is 0 Å². The lowest BCUT2D eigenvalue weighted by Gasteiger charge is -2.14. The Bertz CT molecular complexity index is 543. The van der Waals surface area contributed by atoms with Crippen LogP contribution in [0.25, 0.3) is 0 Å². The lowest BCUT2D eigenvalue weighted by Crippen LogP contribution is -2.38. The second-order valence-corrected chi connectivity index (χ2v) is 6.56. The van der Waals surface area contributed by atoms with Gasteiger partial charge in [-0.15, -0.1) is 24.0 Å². The molecule has 0 amide bonds. The van der Waals surface area contributed by atoms with Crippen LogP contribution in [-0.4, -0.2) is 58.6 Å². The molecular weight excluding hydrogens is 457 g/mol. The van der Waals surface area contributed by atoms with Crippen molar-refractivity contribution in [2.24, 2.45) is 4.99 Å². The Morgan fingerprint density at radius 1 is 1.15 bits per heavy atom. The van der Waals surface area contributed by atoms with Crippen LogP contribution in [0.5, 0.6) is 5.75 Å². The summed E-state index contributed by atoms with van der Waals surface area (Å²) < 4.78 is 17.0. The number of hydrogen-bond acceptors (Lipinski definition) is 4. The van der Waals surface area contributed by atoms with Crippen molar-refractivity contribution in [1.82, 2.24) is 10.6 Å². The molecule has 1 aliphatic heterocycles. The molecule has 1 aromatic rings. The topological polar surface area (TPSA) is 64.1 Å². The highest BCUT2D eigenvalue weighted by atomic mass is 127. The van der Waals surface area contributed by atoms with E-state index in [1.807, 2.05) is 0 Å². The molecule has 0 aromatic heterocycles. The van der Waals surface area contributed by atoms with Crippen molar-refractivity contribution in [1.29, 1.82) is 0 Å². The van der Waals surface area contributed by atoms with Gasteiger partial charge in [-0.1, -0.05) is 18.2 Å². The zero-order valence-electron chi connectivity index (χ0n) is 16.8. The van der Waals surface area contributed by atoms with Crippen molar-refractivity contribution >= 4 is 29.9 Å². The van der Waals surface area contributed by atoms with E-state index >= 15 is 0 Å². The van der Waals surface area contributed by atoms with Crippen molar-refractivity contribution in [2.75, 3.05) is 46.6 Å². The van der Waals surface area contributed by atoms with Crippen LogP contribution in [-0.2, 0) is 9.47 Å². The molecule has 1 unspecified atom stereocenters. The molecule has 7 heteroatoms. The summed E-state index contributed by atoms with van der Waals surface area (Å²) in [4.78, 5) is 4.24. The number of nitrogens with zero attached hydrogens (tertiary/aromatic N) is 1. The van der Waals surface area contributed by atoms with E-state index in [4.69, 9.17) is 14.2 Å². The van der Waals surface area contributed by atoms with Crippen LogP contribution >= 0.6 is 24.0 Å². The predicted octanol–water partition coefficient (Wildman–Crippen LogP) is 3.05. The first-order valence-electron chi connectivity index (χ1n) is 9.53. The Morgan fingerprint density at radius 3 is 2.41 bits per heavy atom. The maximum absolute atomic E-state index is 5.92. The normalized spacial score (nSPS) is 16.7. The highest BCUT2D eigenvalue weighted by Gasteiger charge is 2.15. The van der Waals surface area contributed by atoms with E-state index in [1.165, 1.54) is 11.1 Å². The van der Waals surface area contributed by atoms with Crippen LogP contribution in [0.4, 0.5) is 0 Å². The van der Waals surface area contributed by atoms with Gasteiger partial charge in [-0.25, -0.2) is 0 Å². The number of guanidine groups is 1. The number of aryl methyl sites for hydroxylation is 2. The number of nitrogens with one attached hydrogen (secondary N) is 2. The number of halogens is 1. The molecule has 2 rings (SSSR count). The molecule has 1 heterocycles. The number of para-hydroxylation sites is 1. The third kappa shape index (κ3) is 9.12. The highest BCUT2D eigenvalue weighted by molar-refractivity contribution is 14.0. The zero-order chi connectivity index (χ0) is 18.6. The average molecular weight is 491 g/mol. The fraction of sp³-hybridized carbons (Fsp3) is 0.650. The smallest absolute Gasteiger partial charge is 0.190 e. The van der Waals surface area contributed by atoms with Gasteiger partial charge < -0.3 is 24.8 Å². The summed E-state index contributed by atoms with van der Waals surface area (Å²) in [6.07, 6.45) is 3.16. The van der Waals surface area contributed by atoms with E-state index in [0.29, 0.717) is 6.61 Å². The maximum Gasteiger partial charge on any atom is 0.190 e. The van der Waals surface area contributed by atoms with Gasteiger partial charge in [0, 0.05) is 33.4 Å². The lowest BCUT2D eigenvalue weighted by molar-refractivity contribution is 0.0420. The molecule has 1 aromatic carbocycles. The first-order valence-corrected chi connectivity index (χ1v) is 9.53. The summed E-state index contributed by atoms with van der Waals surface area (Å²) in [5, 5.41) is 6.62. The number of benzene rings is 1. The monoisotopic (exact) mass is 491 g/mol. The molecule has 6 nitrogen and oxygen atoms in total. The standard InChI is InChI=1S/C20H33N3O3.HI/c1-16-7-4-8-17(2)19(16)26-13-6-11-23-20(21-3)22-10-5-12-25-18-9-14-24-15-18;/h4,7-8,18H,5-6,9-15H2,1-3H3,(H2,21,22,23);1H. The van der Waals surface area contributed by atoms with Gasteiger partial charge >= 0.3 is 0 Å². The van der Waals surface area contributed by atoms with Crippen molar-refractivity contribution in [3.05, 3.63) is 29.3 Å². The van der Waals surface area contributed by atoms with Gasteiger partial charge in [0.25, 0.3) is 0 Å². The van der Waals surface area contributed by atoms with Crippen molar-refractivity contribution < 1.29 is 14.2 Å². The fourth-order valence-electron chi connectivity index (χ4n) is 2.87. The molecule has 0 bridgehead atoms. The van der Waals surface area contributed by atoms with E-state index in [0.717, 1.165) is 63.9 Å². The van der Waals surface area contributed by atoms with E-state index < -0.39 is 0 Å². The van der Waals surface area contributed by atoms with Gasteiger partial charge in [-0.3, -0.25) is 4.99 Å². The second kappa shape index (κ2) is 14.0. The Hall–Kier alpha value is -1.06. The minimum absolute atomic E-state index is 0. The van der Waals surface area contributed by atoms with Crippen LogP contribution in [0.15, 0.2) is 23.2 Å². The predicted molar refractivity (Wildman–Crippen MR) is 121 cm³/mol. The van der Waals surface area contributed by atoms with Crippen LogP contribution < -0.4 is 15.4 Å². The third-order valence-electron chi connectivity index (χ3n) is 4.35. The van der Waals surface area contributed by atoms with Gasteiger partial charge in [0.05, 0.1) is 19.3 Å². The van der Waals surface area contributed by atoms with Crippen molar-refractivity contribution in [2.45, 2.75) is 39.2 Å². The van der Waals surface area contributed by atoms with E-state index in [-0.39, 0.29) is 30.1 Å². The zero-order valence-corrected chi connectivity index (χ0v) is 19.1. The first-order chi connectivity index (χ1) is 12.7. The van der Waals surface area contributed by atoms with E-state index in [2.05, 4.69) is 47.7 Å². The molecule has 1 saturated heterocycles. The van der Waals surface area contributed by atoms with E-state index in [9.17, 15) is 0 Å². The Morgan fingerprint density at radius 2 is 1.81 bits per heavy atom. The van der Waals surface area contributed by atoms with Crippen LogP contribution in [0, 0.1) is 13.8 Å². The number of rotatable bonds is 10. The van der Waals surface area contributed by atoms with Crippen molar-refractivity contribution in [3.8, 4) is 5.75 Å². The summed E-state index contributed by atoms with van der Waals surface area (Å²) >= 11 is 0. The summed E-state index contributed by atoms with van der Waals surface area (Å²) in [6, 6.07) is 6.22. The lowest BCUT2D eigenvalue weighted by atomic mass is 10.1. The molecular formula is C20H34IN3O3. The second-order valence-electron chi connectivity index (χ2n) is 6.56. The van der Waals surface area contributed by atoms with Gasteiger partial charge in [0.15, 0.2) is 5.96 Å². The summed E-state index contributed by atoms with van der Waals surface area (Å²) in [5.41, 5.74) is 2.36. The van der Waals surface area contributed by atoms with Gasteiger partial charge in [-0.2, -0.15) is 0 Å². The SMILES string of the molecule is CN=C(NCCCOc1c(C)cccc1C)NCCCOC1CCOC1.I.